The fraction of sp³-hybridized carbons (Fsp3) is 0.100. The Morgan fingerprint density at radius 1 is 1.46 bits per heavy atom. The largest absolute Gasteiger partial charge is 0.398 e. The van der Waals surface area contributed by atoms with Crippen molar-refractivity contribution in [2.75, 3.05) is 5.73 Å². The monoisotopic (exact) mass is 174 g/mol. The van der Waals surface area contributed by atoms with Crippen LogP contribution in [0.5, 0.6) is 0 Å². The van der Waals surface area contributed by atoms with Gasteiger partial charge in [-0.15, -0.1) is 0 Å². The van der Waals surface area contributed by atoms with E-state index < -0.39 is 5.91 Å². The molecule has 0 aliphatic carbocycles. The number of carbonyl (C=O) groups is 1. The SMILES string of the molecule is Cc1cccc(N)c1C#CC(N)=O. The molecule has 1 aromatic rings. The average Bonchev–Trinajstić information content (AvgIpc) is 2.03. The van der Waals surface area contributed by atoms with Gasteiger partial charge in [-0.2, -0.15) is 0 Å². The summed E-state index contributed by atoms with van der Waals surface area (Å²) in [7, 11) is 0. The summed E-state index contributed by atoms with van der Waals surface area (Å²) in [5.41, 5.74) is 12.7. The zero-order chi connectivity index (χ0) is 9.84. The Morgan fingerprint density at radius 3 is 2.69 bits per heavy atom. The molecule has 1 amide bonds. The van der Waals surface area contributed by atoms with Crippen LogP contribution in [0.2, 0.25) is 0 Å². The maximum Gasteiger partial charge on any atom is 0.293 e. The lowest BCUT2D eigenvalue weighted by Gasteiger charge is -2.00. The van der Waals surface area contributed by atoms with Crippen molar-refractivity contribution in [3.05, 3.63) is 29.3 Å². The highest BCUT2D eigenvalue weighted by Gasteiger charge is 1.97. The number of nitrogen functional groups attached to an aromatic ring is 1. The van der Waals surface area contributed by atoms with E-state index in [1.807, 2.05) is 19.1 Å². The minimum absolute atomic E-state index is 0.564. The number of benzene rings is 1. The zero-order valence-corrected chi connectivity index (χ0v) is 7.29. The molecule has 66 valence electrons. The molecule has 0 fully saturated rings. The number of anilines is 1. The van der Waals surface area contributed by atoms with Gasteiger partial charge in [-0.1, -0.05) is 18.1 Å². The lowest BCUT2D eigenvalue weighted by atomic mass is 10.1. The third-order valence-corrected chi connectivity index (χ3v) is 1.62. The Morgan fingerprint density at radius 2 is 2.15 bits per heavy atom. The van der Waals surface area contributed by atoms with E-state index in [4.69, 9.17) is 11.5 Å². The third-order valence-electron chi connectivity index (χ3n) is 1.62. The fourth-order valence-electron chi connectivity index (χ4n) is 0.985. The quantitative estimate of drug-likeness (QED) is 0.442. The minimum Gasteiger partial charge on any atom is -0.398 e. The van der Waals surface area contributed by atoms with Crippen molar-refractivity contribution in [1.82, 2.24) is 0 Å². The first-order valence-corrected chi connectivity index (χ1v) is 3.78. The number of carbonyl (C=O) groups excluding carboxylic acids is 1. The molecule has 0 aliphatic heterocycles. The van der Waals surface area contributed by atoms with Crippen LogP contribution in [0.25, 0.3) is 0 Å². The van der Waals surface area contributed by atoms with Crippen molar-refractivity contribution < 1.29 is 4.79 Å². The topological polar surface area (TPSA) is 69.1 Å². The van der Waals surface area contributed by atoms with Crippen LogP contribution < -0.4 is 11.5 Å². The summed E-state index contributed by atoms with van der Waals surface area (Å²) in [6, 6.07) is 5.44. The molecule has 13 heavy (non-hydrogen) atoms. The van der Waals surface area contributed by atoms with Crippen molar-refractivity contribution in [3.63, 3.8) is 0 Å². The fourth-order valence-corrected chi connectivity index (χ4v) is 0.985. The van der Waals surface area contributed by atoms with Gasteiger partial charge in [0, 0.05) is 11.6 Å². The van der Waals surface area contributed by atoms with Crippen molar-refractivity contribution in [2.24, 2.45) is 5.73 Å². The zero-order valence-electron chi connectivity index (χ0n) is 7.29. The molecule has 0 heterocycles. The van der Waals surface area contributed by atoms with E-state index in [9.17, 15) is 4.79 Å². The Hall–Kier alpha value is -1.95. The van der Waals surface area contributed by atoms with Crippen molar-refractivity contribution in [3.8, 4) is 11.8 Å². The first-order valence-electron chi connectivity index (χ1n) is 3.78. The van der Waals surface area contributed by atoms with E-state index in [-0.39, 0.29) is 0 Å². The maximum atomic E-state index is 10.4. The van der Waals surface area contributed by atoms with Crippen LogP contribution in [0.4, 0.5) is 5.69 Å². The van der Waals surface area contributed by atoms with Gasteiger partial charge >= 0.3 is 0 Å². The summed E-state index contributed by atoms with van der Waals surface area (Å²) < 4.78 is 0. The van der Waals surface area contributed by atoms with Crippen molar-refractivity contribution >= 4 is 11.6 Å². The lowest BCUT2D eigenvalue weighted by Crippen LogP contribution is -2.06. The van der Waals surface area contributed by atoms with Crippen LogP contribution in [-0.2, 0) is 4.79 Å². The number of hydrogen-bond acceptors (Lipinski definition) is 2. The van der Waals surface area contributed by atoms with Gasteiger partial charge in [-0.25, -0.2) is 0 Å². The summed E-state index contributed by atoms with van der Waals surface area (Å²) >= 11 is 0. The van der Waals surface area contributed by atoms with Gasteiger partial charge in [0.15, 0.2) is 0 Å². The van der Waals surface area contributed by atoms with Crippen molar-refractivity contribution in [2.45, 2.75) is 6.92 Å². The molecule has 0 saturated heterocycles. The van der Waals surface area contributed by atoms with E-state index in [1.165, 1.54) is 0 Å². The second-order valence-corrected chi connectivity index (χ2v) is 2.65. The minimum atomic E-state index is -0.650. The Balaban J connectivity index is 3.16. The Bertz CT molecular complexity index is 379. The van der Waals surface area contributed by atoms with Gasteiger partial charge in [-0.3, -0.25) is 4.79 Å². The second kappa shape index (κ2) is 3.63. The second-order valence-electron chi connectivity index (χ2n) is 2.65. The van der Waals surface area contributed by atoms with Crippen LogP contribution >= 0.6 is 0 Å². The number of rotatable bonds is 0. The number of aryl methyl sites for hydroxylation is 1. The van der Waals surface area contributed by atoms with E-state index >= 15 is 0 Å². The van der Waals surface area contributed by atoms with Gasteiger partial charge < -0.3 is 11.5 Å². The van der Waals surface area contributed by atoms with E-state index in [0.717, 1.165) is 5.56 Å². The third kappa shape index (κ3) is 2.24. The Labute approximate surface area is 76.7 Å². The van der Waals surface area contributed by atoms with Gasteiger partial charge in [0.1, 0.15) is 0 Å². The number of nitrogens with two attached hydrogens (primary N) is 2. The molecule has 3 nitrogen and oxygen atoms in total. The first-order chi connectivity index (χ1) is 6.11. The molecule has 0 aliphatic rings. The van der Waals surface area contributed by atoms with Crippen LogP contribution in [0.3, 0.4) is 0 Å². The molecule has 0 atom stereocenters. The molecule has 0 radical (unpaired) electrons. The van der Waals surface area contributed by atoms with Crippen LogP contribution in [0.1, 0.15) is 11.1 Å². The summed E-state index contributed by atoms with van der Waals surface area (Å²) in [6.45, 7) is 1.88. The normalized spacial score (nSPS) is 8.69. The van der Waals surface area contributed by atoms with E-state index in [0.29, 0.717) is 11.3 Å². The van der Waals surface area contributed by atoms with Crippen molar-refractivity contribution in [1.29, 1.82) is 0 Å². The molecule has 1 rings (SSSR count). The van der Waals surface area contributed by atoms with Crippen LogP contribution in [0.15, 0.2) is 18.2 Å². The van der Waals surface area contributed by atoms with E-state index in [1.54, 1.807) is 6.07 Å². The summed E-state index contributed by atoms with van der Waals surface area (Å²) in [5.74, 6) is 4.23. The Kier molecular flexibility index (Phi) is 2.56. The number of hydrogen-bond donors (Lipinski definition) is 2. The molecule has 0 unspecified atom stereocenters. The number of primary amides is 1. The van der Waals surface area contributed by atoms with E-state index in [2.05, 4.69) is 11.8 Å². The standard InChI is InChI=1S/C10H10N2O/c1-7-3-2-4-9(11)8(7)5-6-10(12)13/h2-4H,11H2,1H3,(H2,12,13). The molecular formula is C10H10N2O. The van der Waals surface area contributed by atoms with Gasteiger partial charge in [0.05, 0.1) is 5.56 Å². The molecule has 0 saturated carbocycles. The molecule has 0 spiro atoms. The predicted octanol–water partition coefficient (Wildman–Crippen LogP) is 0.414. The maximum absolute atomic E-state index is 10.4. The van der Waals surface area contributed by atoms with Crippen LogP contribution in [-0.4, -0.2) is 5.91 Å². The average molecular weight is 174 g/mol. The predicted molar refractivity (Wildman–Crippen MR) is 51.7 cm³/mol. The molecular weight excluding hydrogens is 164 g/mol. The highest BCUT2D eigenvalue weighted by atomic mass is 16.1. The molecule has 0 aromatic heterocycles. The first kappa shape index (κ1) is 9.14. The van der Waals surface area contributed by atoms with Crippen LogP contribution in [0, 0.1) is 18.8 Å². The van der Waals surface area contributed by atoms with Gasteiger partial charge in [0.25, 0.3) is 5.91 Å². The smallest absolute Gasteiger partial charge is 0.293 e. The lowest BCUT2D eigenvalue weighted by molar-refractivity contribution is -0.112. The molecule has 4 N–H and O–H groups in total. The molecule has 0 bridgehead atoms. The summed E-state index contributed by atoms with van der Waals surface area (Å²) in [5, 5.41) is 0. The van der Waals surface area contributed by atoms with Gasteiger partial charge in [-0.05, 0) is 18.6 Å². The highest BCUT2D eigenvalue weighted by molar-refractivity contribution is 5.93. The van der Waals surface area contributed by atoms with Gasteiger partial charge in [0.2, 0.25) is 0 Å². The highest BCUT2D eigenvalue weighted by Crippen LogP contribution is 2.13. The molecule has 1 aromatic carbocycles. The number of amides is 1. The molecule has 3 heteroatoms. The summed E-state index contributed by atoms with van der Waals surface area (Å²) in [6.07, 6.45) is 0. The summed E-state index contributed by atoms with van der Waals surface area (Å²) in [4.78, 5) is 10.4.